The Morgan fingerprint density at radius 2 is 2.05 bits per heavy atom. The highest BCUT2D eigenvalue weighted by molar-refractivity contribution is 7.89. The Hall–Kier alpha value is -1.35. The van der Waals surface area contributed by atoms with Crippen molar-refractivity contribution in [2.75, 3.05) is 39.8 Å². The van der Waals surface area contributed by atoms with E-state index < -0.39 is 10.0 Å². The van der Waals surface area contributed by atoms with Gasteiger partial charge in [-0.2, -0.15) is 4.31 Å². The first kappa shape index (κ1) is 17.0. The molecule has 0 aromatic heterocycles. The maximum absolute atomic E-state index is 12.7. The van der Waals surface area contributed by atoms with Gasteiger partial charge in [-0.25, -0.2) is 8.42 Å². The predicted molar refractivity (Wildman–Crippen MR) is 81.5 cm³/mol. The molecule has 1 saturated heterocycles. The Balaban J connectivity index is 2.19. The molecular formula is C13H19ClN3O4S+. The van der Waals surface area contributed by atoms with Crippen molar-refractivity contribution in [3.63, 3.8) is 0 Å². The van der Waals surface area contributed by atoms with E-state index >= 15 is 0 Å². The van der Waals surface area contributed by atoms with E-state index in [2.05, 4.69) is 0 Å². The minimum absolute atomic E-state index is 0.0563. The van der Waals surface area contributed by atoms with Gasteiger partial charge in [-0.3, -0.25) is 4.79 Å². The second kappa shape index (κ2) is 6.82. The number of piperazine rings is 1. The summed E-state index contributed by atoms with van der Waals surface area (Å²) >= 11 is 5.91. The van der Waals surface area contributed by atoms with Gasteiger partial charge in [0, 0.05) is 5.02 Å². The molecule has 0 aliphatic carbocycles. The zero-order chi connectivity index (χ0) is 16.3. The highest BCUT2D eigenvalue weighted by Gasteiger charge is 2.32. The van der Waals surface area contributed by atoms with E-state index in [1.54, 1.807) is 6.07 Å². The number of carbonyl (C=O) groups is 1. The number of primary amides is 1. The van der Waals surface area contributed by atoms with Gasteiger partial charge >= 0.3 is 0 Å². The number of nitrogens with zero attached hydrogens (tertiary/aromatic N) is 1. The summed E-state index contributed by atoms with van der Waals surface area (Å²) in [5.74, 6) is -0.126. The molecule has 1 heterocycles. The molecular weight excluding hydrogens is 330 g/mol. The number of hydrogen-bond acceptors (Lipinski definition) is 4. The summed E-state index contributed by atoms with van der Waals surface area (Å²) in [7, 11) is -2.27. The Morgan fingerprint density at radius 3 is 2.59 bits per heavy atom. The Morgan fingerprint density at radius 1 is 1.41 bits per heavy atom. The molecule has 1 amide bonds. The number of benzene rings is 1. The monoisotopic (exact) mass is 348 g/mol. The van der Waals surface area contributed by atoms with E-state index in [0.717, 1.165) is 4.90 Å². The first-order valence-electron chi connectivity index (χ1n) is 6.80. The highest BCUT2D eigenvalue weighted by atomic mass is 35.5. The molecule has 1 aliphatic rings. The fourth-order valence-electron chi connectivity index (χ4n) is 2.46. The van der Waals surface area contributed by atoms with Crippen molar-refractivity contribution >= 4 is 27.5 Å². The van der Waals surface area contributed by atoms with Gasteiger partial charge in [-0.1, -0.05) is 11.6 Å². The van der Waals surface area contributed by atoms with Gasteiger partial charge in [-0.05, 0) is 18.2 Å². The molecule has 0 radical (unpaired) electrons. The summed E-state index contributed by atoms with van der Waals surface area (Å²) in [6.45, 7) is 1.92. The highest BCUT2D eigenvalue weighted by Crippen LogP contribution is 2.29. The van der Waals surface area contributed by atoms with Crippen molar-refractivity contribution in [3.05, 3.63) is 23.2 Å². The molecule has 0 atom stereocenters. The molecule has 3 N–H and O–H groups in total. The van der Waals surface area contributed by atoms with Crippen molar-refractivity contribution in [1.82, 2.24) is 4.31 Å². The minimum atomic E-state index is -3.68. The number of methoxy groups -OCH3 is 1. The van der Waals surface area contributed by atoms with Crippen LogP contribution >= 0.6 is 11.6 Å². The third-order valence-electron chi connectivity index (χ3n) is 3.60. The average Bonchev–Trinajstić information content (AvgIpc) is 2.47. The second-order valence-electron chi connectivity index (χ2n) is 5.09. The normalized spacial score (nSPS) is 17.4. The van der Waals surface area contributed by atoms with E-state index in [9.17, 15) is 13.2 Å². The van der Waals surface area contributed by atoms with Crippen molar-refractivity contribution in [1.29, 1.82) is 0 Å². The number of nitrogens with two attached hydrogens (primary N) is 1. The molecule has 1 fully saturated rings. The van der Waals surface area contributed by atoms with Gasteiger partial charge in [0.05, 0.1) is 33.3 Å². The van der Waals surface area contributed by atoms with Crippen LogP contribution in [0, 0.1) is 0 Å². The molecule has 0 bridgehead atoms. The molecule has 1 aromatic carbocycles. The number of quaternary nitrogens is 1. The number of carbonyl (C=O) groups excluding carboxylic acids is 1. The first-order valence-corrected chi connectivity index (χ1v) is 8.62. The Bertz CT molecular complexity index is 657. The fourth-order valence-corrected chi connectivity index (χ4v) is 4.32. The lowest BCUT2D eigenvalue weighted by molar-refractivity contribution is -0.895. The number of sulfonamides is 1. The quantitative estimate of drug-likeness (QED) is 0.693. The Labute approximate surface area is 134 Å². The van der Waals surface area contributed by atoms with E-state index in [0.29, 0.717) is 31.2 Å². The molecule has 1 aromatic rings. The molecule has 22 heavy (non-hydrogen) atoms. The van der Waals surface area contributed by atoms with Gasteiger partial charge < -0.3 is 15.4 Å². The fraction of sp³-hybridized carbons (Fsp3) is 0.462. The zero-order valence-corrected chi connectivity index (χ0v) is 13.8. The van der Waals surface area contributed by atoms with Gasteiger partial charge in [0.25, 0.3) is 5.91 Å². The number of hydrogen-bond donors (Lipinski definition) is 2. The summed E-state index contributed by atoms with van der Waals surface area (Å²) in [5, 5.41) is 0.331. The molecule has 7 nitrogen and oxygen atoms in total. The third-order valence-corrected chi connectivity index (χ3v) is 5.75. The number of amides is 1. The van der Waals surface area contributed by atoms with Crippen molar-refractivity contribution < 1.29 is 22.8 Å². The maximum Gasteiger partial charge on any atom is 0.272 e. The van der Waals surface area contributed by atoms with Crippen LogP contribution in [0.25, 0.3) is 0 Å². The predicted octanol–water partition coefficient (Wildman–Crippen LogP) is -1.28. The average molecular weight is 349 g/mol. The summed E-state index contributed by atoms with van der Waals surface area (Å²) in [5.41, 5.74) is 5.17. The first-order chi connectivity index (χ1) is 10.3. The molecule has 0 unspecified atom stereocenters. The molecule has 9 heteroatoms. The van der Waals surface area contributed by atoms with Crippen molar-refractivity contribution in [3.8, 4) is 5.75 Å². The van der Waals surface area contributed by atoms with Crippen molar-refractivity contribution in [2.45, 2.75) is 4.90 Å². The second-order valence-corrected chi connectivity index (χ2v) is 7.44. The molecule has 0 saturated carbocycles. The minimum Gasteiger partial charge on any atom is -0.495 e. The summed E-state index contributed by atoms with van der Waals surface area (Å²) in [4.78, 5) is 12.0. The number of ether oxygens (including phenoxy) is 1. The number of rotatable bonds is 5. The lowest BCUT2D eigenvalue weighted by Gasteiger charge is -2.31. The molecule has 122 valence electrons. The molecule has 0 spiro atoms. The largest absolute Gasteiger partial charge is 0.495 e. The molecule has 1 aliphatic heterocycles. The maximum atomic E-state index is 12.7. The topological polar surface area (TPSA) is 94.1 Å². The lowest BCUT2D eigenvalue weighted by atomic mass is 10.3. The smallest absolute Gasteiger partial charge is 0.272 e. The van der Waals surface area contributed by atoms with E-state index in [4.69, 9.17) is 22.1 Å². The Kier molecular flexibility index (Phi) is 5.28. The summed E-state index contributed by atoms with van der Waals surface area (Å²) in [6.07, 6.45) is 0. The van der Waals surface area contributed by atoms with Gasteiger partial charge in [0.1, 0.15) is 10.6 Å². The van der Waals surface area contributed by atoms with Gasteiger partial charge in [-0.15, -0.1) is 0 Å². The van der Waals surface area contributed by atoms with Crippen LogP contribution < -0.4 is 15.4 Å². The summed E-state index contributed by atoms with van der Waals surface area (Å²) < 4.78 is 32.0. The van der Waals surface area contributed by atoms with E-state index in [1.807, 2.05) is 0 Å². The van der Waals surface area contributed by atoms with Crippen LogP contribution in [0.3, 0.4) is 0 Å². The van der Waals surface area contributed by atoms with Gasteiger partial charge in [0.15, 0.2) is 6.54 Å². The van der Waals surface area contributed by atoms with Gasteiger partial charge in [0.2, 0.25) is 10.0 Å². The van der Waals surface area contributed by atoms with Crippen LogP contribution in [0.1, 0.15) is 0 Å². The number of nitrogens with one attached hydrogen (secondary N) is 1. The third kappa shape index (κ3) is 3.70. The van der Waals surface area contributed by atoms with Crippen LogP contribution in [0.4, 0.5) is 0 Å². The number of halogens is 1. The SMILES string of the molecule is COc1ccc(Cl)cc1S(=O)(=O)N1CC[NH+](CC(N)=O)CC1. The van der Waals surface area contributed by atoms with Crippen LogP contribution in [-0.2, 0) is 14.8 Å². The standard InChI is InChI=1S/C13H18ClN3O4S/c1-21-11-3-2-10(14)8-12(11)22(19,20)17-6-4-16(5-7-17)9-13(15)18/h2-3,8H,4-7,9H2,1H3,(H2,15,18)/p+1. The molecule has 2 rings (SSSR count). The van der Waals surface area contributed by atoms with Crippen molar-refractivity contribution in [2.24, 2.45) is 5.73 Å². The van der Waals surface area contributed by atoms with Crippen LogP contribution in [-0.4, -0.2) is 58.5 Å². The zero-order valence-electron chi connectivity index (χ0n) is 12.2. The summed E-state index contributed by atoms with van der Waals surface area (Å²) in [6, 6.07) is 4.50. The van der Waals surface area contributed by atoms with E-state index in [-0.39, 0.29) is 23.1 Å². The van der Waals surface area contributed by atoms with Crippen LogP contribution in [0.2, 0.25) is 5.02 Å². The lowest BCUT2D eigenvalue weighted by Crippen LogP contribution is -3.15. The van der Waals surface area contributed by atoms with Crippen LogP contribution in [0.5, 0.6) is 5.75 Å². The van der Waals surface area contributed by atoms with Crippen LogP contribution in [0.15, 0.2) is 23.1 Å². The van der Waals surface area contributed by atoms with E-state index in [1.165, 1.54) is 23.5 Å².